The molecule has 2 N–H and O–H groups in total. The third-order valence-corrected chi connectivity index (χ3v) is 5.48. The summed E-state index contributed by atoms with van der Waals surface area (Å²) in [6, 6.07) is 17.8. The summed E-state index contributed by atoms with van der Waals surface area (Å²) in [5.74, 6) is 0.702. The molecule has 0 spiro atoms. The molecule has 1 heterocycles. The summed E-state index contributed by atoms with van der Waals surface area (Å²) in [6.45, 7) is 1.94. The van der Waals surface area contributed by atoms with Gasteiger partial charge in [-0.2, -0.15) is 0 Å². The first kappa shape index (κ1) is 21.9. The van der Waals surface area contributed by atoms with Crippen LogP contribution < -0.4 is 4.74 Å². The number of hydrogen-bond donors (Lipinski definition) is 2. The molecule has 0 aliphatic rings. The van der Waals surface area contributed by atoms with Gasteiger partial charge in [0, 0.05) is 12.2 Å². The molecule has 0 aliphatic carbocycles. The fraction of sp³-hybridized carbons (Fsp3) is 0.318. The van der Waals surface area contributed by atoms with Gasteiger partial charge in [0.25, 0.3) is 0 Å². The number of aliphatic hydroxyl groups is 1. The van der Waals surface area contributed by atoms with Gasteiger partial charge < -0.3 is 14.9 Å². The van der Waals surface area contributed by atoms with Gasteiger partial charge in [-0.1, -0.05) is 61.2 Å². The number of nitrogens with zero attached hydrogens (tertiary/aromatic N) is 3. The molecule has 3 rings (SSSR count). The highest BCUT2D eigenvalue weighted by molar-refractivity contribution is 7.99. The van der Waals surface area contributed by atoms with Gasteiger partial charge in [0.05, 0.1) is 6.10 Å². The minimum Gasteiger partial charge on any atom is -0.491 e. The molecule has 0 aliphatic heterocycles. The molecular formula is C22H25N3O4S. The van der Waals surface area contributed by atoms with Crippen LogP contribution in [0.3, 0.4) is 0 Å². The highest BCUT2D eigenvalue weighted by Crippen LogP contribution is 2.23. The Kier molecular flexibility index (Phi) is 7.87. The number of carboxylic acid groups (broad SMARTS) is 1. The van der Waals surface area contributed by atoms with E-state index in [2.05, 4.69) is 10.2 Å². The van der Waals surface area contributed by atoms with Crippen LogP contribution >= 0.6 is 11.8 Å². The van der Waals surface area contributed by atoms with E-state index in [1.807, 2.05) is 61.5 Å². The number of rotatable bonds is 11. The molecule has 30 heavy (non-hydrogen) atoms. The number of aliphatic hydroxyl groups excluding tert-OH is 1. The molecular weight excluding hydrogens is 402 g/mol. The molecule has 0 unspecified atom stereocenters. The first-order valence-electron chi connectivity index (χ1n) is 9.79. The molecule has 8 heteroatoms. The fourth-order valence-corrected chi connectivity index (χ4v) is 3.78. The molecule has 7 nitrogen and oxygen atoms in total. The highest BCUT2D eigenvalue weighted by Gasteiger charge is 2.16. The minimum absolute atomic E-state index is 0.132. The number of carbonyl (C=O) groups is 1. The Labute approximate surface area is 179 Å². The van der Waals surface area contributed by atoms with Crippen molar-refractivity contribution in [2.45, 2.75) is 37.6 Å². The average molecular weight is 428 g/mol. The summed E-state index contributed by atoms with van der Waals surface area (Å²) >= 11 is 1.27. The molecule has 158 valence electrons. The molecule has 0 amide bonds. The number of carboxylic acids is 1. The van der Waals surface area contributed by atoms with Crippen LogP contribution in [0.5, 0.6) is 5.75 Å². The predicted octanol–water partition coefficient (Wildman–Crippen LogP) is 3.51. The Hall–Kier alpha value is -2.84. The van der Waals surface area contributed by atoms with E-state index in [1.165, 1.54) is 11.8 Å². The third kappa shape index (κ3) is 6.08. The highest BCUT2D eigenvalue weighted by atomic mass is 32.2. The molecule has 0 saturated carbocycles. The van der Waals surface area contributed by atoms with Crippen LogP contribution in [0.2, 0.25) is 0 Å². The number of thioether (sulfide) groups is 1. The molecule has 0 radical (unpaired) electrons. The molecule has 2 aromatic carbocycles. The number of aliphatic carboxylic acids is 1. The first-order valence-corrected chi connectivity index (χ1v) is 10.8. The van der Waals surface area contributed by atoms with Crippen LogP contribution in [-0.4, -0.2) is 49.4 Å². The van der Waals surface area contributed by atoms with Crippen LogP contribution in [0, 0.1) is 0 Å². The lowest BCUT2D eigenvalue weighted by Crippen LogP contribution is -2.21. The lowest BCUT2D eigenvalue weighted by molar-refractivity contribution is -0.137. The van der Waals surface area contributed by atoms with Gasteiger partial charge in [0.15, 0.2) is 5.16 Å². The zero-order valence-corrected chi connectivity index (χ0v) is 17.6. The first-order chi connectivity index (χ1) is 14.6. The van der Waals surface area contributed by atoms with Crippen molar-refractivity contribution < 1.29 is 19.7 Å². The van der Waals surface area contributed by atoms with Crippen molar-refractivity contribution in [2.75, 3.05) is 12.4 Å². The number of aryl methyl sites for hydroxylation is 1. The zero-order valence-electron chi connectivity index (χ0n) is 16.8. The van der Waals surface area contributed by atoms with E-state index in [0.29, 0.717) is 28.9 Å². The van der Waals surface area contributed by atoms with Gasteiger partial charge in [-0.15, -0.1) is 10.2 Å². The van der Waals surface area contributed by atoms with E-state index in [1.54, 1.807) is 4.57 Å². The topological polar surface area (TPSA) is 97.5 Å². The summed E-state index contributed by atoms with van der Waals surface area (Å²) in [5.41, 5.74) is 2.23. The standard InChI is InChI=1S/C22H25N3O4S/c1-2-6-20-23-24-22(25(20)13-21(27)28)30-15-18(26)14-29-19-11-9-17(10-12-19)16-7-4-3-5-8-16/h3-5,7-12,18,26H,2,6,13-15H2,1H3,(H,27,28)/t18-/m0/s1. The summed E-state index contributed by atoms with van der Waals surface area (Å²) < 4.78 is 7.28. The Bertz CT molecular complexity index is 945. The number of aromatic nitrogens is 3. The maximum Gasteiger partial charge on any atom is 0.323 e. The second-order valence-electron chi connectivity index (χ2n) is 6.79. The Balaban J connectivity index is 1.51. The lowest BCUT2D eigenvalue weighted by Gasteiger charge is -2.13. The lowest BCUT2D eigenvalue weighted by atomic mass is 10.1. The van der Waals surface area contributed by atoms with Crippen LogP contribution in [0.1, 0.15) is 19.2 Å². The molecule has 0 bridgehead atoms. The molecule has 0 saturated heterocycles. The minimum atomic E-state index is -0.947. The van der Waals surface area contributed by atoms with Crippen molar-refractivity contribution in [1.29, 1.82) is 0 Å². The van der Waals surface area contributed by atoms with Crippen LogP contribution in [0.4, 0.5) is 0 Å². The van der Waals surface area contributed by atoms with Gasteiger partial charge in [-0.3, -0.25) is 9.36 Å². The molecule has 1 aromatic heterocycles. The Morgan fingerprint density at radius 2 is 1.80 bits per heavy atom. The van der Waals surface area contributed by atoms with E-state index < -0.39 is 12.1 Å². The number of ether oxygens (including phenoxy) is 1. The quantitative estimate of drug-likeness (QED) is 0.452. The second kappa shape index (κ2) is 10.8. The van der Waals surface area contributed by atoms with Crippen molar-refractivity contribution in [1.82, 2.24) is 14.8 Å². The van der Waals surface area contributed by atoms with Gasteiger partial charge in [-0.25, -0.2) is 0 Å². The van der Waals surface area contributed by atoms with Crippen LogP contribution in [0.25, 0.3) is 11.1 Å². The Morgan fingerprint density at radius 3 is 2.47 bits per heavy atom. The van der Waals surface area contributed by atoms with Crippen LogP contribution in [0.15, 0.2) is 59.8 Å². The van der Waals surface area contributed by atoms with Crippen molar-refractivity contribution in [2.24, 2.45) is 0 Å². The van der Waals surface area contributed by atoms with E-state index >= 15 is 0 Å². The fourth-order valence-electron chi connectivity index (χ4n) is 2.91. The normalized spacial score (nSPS) is 11.9. The Morgan fingerprint density at radius 1 is 1.10 bits per heavy atom. The van der Waals surface area contributed by atoms with Gasteiger partial charge in [0.1, 0.15) is 24.7 Å². The number of hydrogen-bond acceptors (Lipinski definition) is 6. The summed E-state index contributed by atoms with van der Waals surface area (Å²) in [6.07, 6.45) is 0.779. The average Bonchev–Trinajstić information content (AvgIpc) is 3.12. The maximum atomic E-state index is 11.1. The van der Waals surface area contributed by atoms with E-state index in [9.17, 15) is 9.90 Å². The monoisotopic (exact) mass is 427 g/mol. The van der Waals surface area contributed by atoms with Crippen molar-refractivity contribution >= 4 is 17.7 Å². The predicted molar refractivity (Wildman–Crippen MR) is 116 cm³/mol. The summed E-state index contributed by atoms with van der Waals surface area (Å²) in [5, 5.41) is 28.0. The molecule has 0 fully saturated rings. The SMILES string of the molecule is CCCc1nnc(SC[C@@H](O)COc2ccc(-c3ccccc3)cc2)n1CC(=O)O. The van der Waals surface area contributed by atoms with Crippen molar-refractivity contribution in [3.63, 3.8) is 0 Å². The van der Waals surface area contributed by atoms with Gasteiger partial charge in [0.2, 0.25) is 0 Å². The van der Waals surface area contributed by atoms with Gasteiger partial charge >= 0.3 is 5.97 Å². The maximum absolute atomic E-state index is 11.1. The van der Waals surface area contributed by atoms with Crippen LogP contribution in [-0.2, 0) is 17.8 Å². The molecule has 3 aromatic rings. The third-order valence-electron chi connectivity index (χ3n) is 4.37. The summed E-state index contributed by atoms with van der Waals surface area (Å²) in [7, 11) is 0. The van der Waals surface area contributed by atoms with Gasteiger partial charge in [-0.05, 0) is 29.7 Å². The zero-order chi connectivity index (χ0) is 21.3. The smallest absolute Gasteiger partial charge is 0.323 e. The van der Waals surface area contributed by atoms with E-state index in [-0.39, 0.29) is 13.2 Å². The second-order valence-corrected chi connectivity index (χ2v) is 7.78. The largest absolute Gasteiger partial charge is 0.491 e. The van der Waals surface area contributed by atoms with E-state index in [4.69, 9.17) is 9.84 Å². The van der Waals surface area contributed by atoms with Crippen molar-refractivity contribution in [3.05, 3.63) is 60.4 Å². The molecule has 1 atom stereocenters. The number of benzene rings is 2. The van der Waals surface area contributed by atoms with Crippen molar-refractivity contribution in [3.8, 4) is 16.9 Å². The van der Waals surface area contributed by atoms with E-state index in [0.717, 1.165) is 17.5 Å². The summed E-state index contributed by atoms with van der Waals surface area (Å²) in [4.78, 5) is 11.1.